The van der Waals surface area contributed by atoms with Crippen molar-refractivity contribution < 1.29 is 19.6 Å². The highest BCUT2D eigenvalue weighted by molar-refractivity contribution is 5.08. The quantitative estimate of drug-likeness (QED) is 0.265. The first kappa shape index (κ1) is 25.4. The van der Waals surface area contributed by atoms with Gasteiger partial charge in [-0.3, -0.25) is 0 Å². The first-order valence-electron chi connectivity index (χ1n) is 9.98. The van der Waals surface area contributed by atoms with Crippen molar-refractivity contribution >= 4 is 0 Å². The molecule has 0 saturated carbocycles. The van der Waals surface area contributed by atoms with E-state index >= 15 is 0 Å². The predicted molar refractivity (Wildman–Crippen MR) is 107 cm³/mol. The Labute approximate surface area is 162 Å². The molecule has 0 rings (SSSR count). The van der Waals surface area contributed by atoms with Crippen molar-refractivity contribution in [3.05, 3.63) is 0 Å². The van der Waals surface area contributed by atoms with E-state index in [1.807, 2.05) is 48.5 Å². The third-order valence-corrected chi connectivity index (χ3v) is 3.46. The fourth-order valence-corrected chi connectivity index (χ4v) is 2.00. The first-order chi connectivity index (χ1) is 11.8. The van der Waals surface area contributed by atoms with Crippen molar-refractivity contribution in [3.8, 4) is 11.8 Å². The van der Waals surface area contributed by atoms with Crippen molar-refractivity contribution in [2.45, 2.75) is 118 Å². The molecular formula is C22H42O4. The second-order valence-corrected chi connectivity index (χ2v) is 9.66. The van der Waals surface area contributed by atoms with Crippen LogP contribution in [0, 0.1) is 23.7 Å². The van der Waals surface area contributed by atoms with E-state index in [0.29, 0.717) is 5.92 Å². The highest BCUT2D eigenvalue weighted by Gasteiger charge is 2.17. The van der Waals surface area contributed by atoms with Gasteiger partial charge < -0.3 is 0 Å². The van der Waals surface area contributed by atoms with Crippen LogP contribution in [0.2, 0.25) is 0 Å². The molecule has 0 fully saturated rings. The molecule has 0 amide bonds. The molecular weight excluding hydrogens is 328 g/mol. The highest BCUT2D eigenvalue weighted by Crippen LogP contribution is 2.19. The van der Waals surface area contributed by atoms with Crippen molar-refractivity contribution in [2.75, 3.05) is 0 Å². The van der Waals surface area contributed by atoms with E-state index in [0.717, 1.165) is 18.8 Å². The second-order valence-electron chi connectivity index (χ2n) is 9.66. The van der Waals surface area contributed by atoms with Crippen LogP contribution in [0.4, 0.5) is 0 Å². The molecule has 0 N–H and O–H groups in total. The molecule has 0 spiro atoms. The molecule has 4 nitrogen and oxygen atoms in total. The summed E-state index contributed by atoms with van der Waals surface area (Å²) in [6, 6.07) is 0. The Morgan fingerprint density at radius 1 is 0.654 bits per heavy atom. The molecule has 154 valence electrons. The molecule has 0 aliphatic carbocycles. The highest BCUT2D eigenvalue weighted by atomic mass is 17.2. The zero-order valence-corrected chi connectivity index (χ0v) is 18.8. The van der Waals surface area contributed by atoms with E-state index in [1.165, 1.54) is 12.8 Å². The summed E-state index contributed by atoms with van der Waals surface area (Å²) in [4.78, 5) is 21.7. The van der Waals surface area contributed by atoms with Gasteiger partial charge in [-0.25, -0.2) is 19.6 Å². The molecule has 0 aliphatic heterocycles. The number of rotatable bonds is 10. The Kier molecular flexibility index (Phi) is 11.7. The lowest BCUT2D eigenvalue weighted by Crippen LogP contribution is -2.25. The average molecular weight is 371 g/mol. The zero-order chi connectivity index (χ0) is 20.4. The van der Waals surface area contributed by atoms with Gasteiger partial charge in [0.2, 0.25) is 0 Å². The minimum Gasteiger partial charge on any atom is -0.230 e. The summed E-state index contributed by atoms with van der Waals surface area (Å²) in [6.45, 7) is 20.4. The fraction of sp³-hybridized carbons (Fsp3) is 0.909. The van der Waals surface area contributed by atoms with E-state index in [2.05, 4.69) is 32.6 Å². The van der Waals surface area contributed by atoms with Crippen molar-refractivity contribution in [1.29, 1.82) is 0 Å². The van der Waals surface area contributed by atoms with E-state index in [9.17, 15) is 0 Å². The molecule has 3 atom stereocenters. The fourth-order valence-electron chi connectivity index (χ4n) is 2.00. The van der Waals surface area contributed by atoms with Gasteiger partial charge in [-0.15, -0.1) is 0 Å². The predicted octanol–water partition coefficient (Wildman–Crippen LogP) is 6.09. The summed E-state index contributed by atoms with van der Waals surface area (Å²) < 4.78 is 0. The number of hydrogen-bond donors (Lipinski definition) is 0. The zero-order valence-electron chi connectivity index (χ0n) is 18.8. The third-order valence-electron chi connectivity index (χ3n) is 3.46. The average Bonchev–Trinajstić information content (AvgIpc) is 2.48. The Hall–Kier alpha value is -0.600. The van der Waals surface area contributed by atoms with Crippen molar-refractivity contribution in [2.24, 2.45) is 11.8 Å². The van der Waals surface area contributed by atoms with Gasteiger partial charge in [0, 0.05) is 0 Å². The van der Waals surface area contributed by atoms with Gasteiger partial charge in [0.15, 0.2) is 12.2 Å². The standard InChI is InChI=1S/C22H42O4/c1-17(2)11-12-18(3)13-15-20(24-26-22(8,9)10)16-14-19(4)23-25-21(5,6)7/h17-20H,11-13,15H2,1-10H3. The van der Waals surface area contributed by atoms with Crippen LogP contribution >= 0.6 is 0 Å². The van der Waals surface area contributed by atoms with Gasteiger partial charge in [-0.1, -0.05) is 45.5 Å². The molecule has 0 bridgehead atoms. The summed E-state index contributed by atoms with van der Waals surface area (Å²) in [5.41, 5.74) is -0.715. The topological polar surface area (TPSA) is 36.9 Å². The number of hydrogen-bond acceptors (Lipinski definition) is 4. The van der Waals surface area contributed by atoms with Crippen LogP contribution < -0.4 is 0 Å². The normalized spacial score (nSPS) is 16.1. The van der Waals surface area contributed by atoms with Crippen LogP contribution in [0.15, 0.2) is 0 Å². The summed E-state index contributed by atoms with van der Waals surface area (Å²) in [5, 5.41) is 0. The van der Waals surface area contributed by atoms with E-state index < -0.39 is 0 Å². The van der Waals surface area contributed by atoms with Crippen LogP contribution in [0.1, 0.15) is 94.9 Å². The minimum atomic E-state index is -0.360. The molecule has 0 saturated heterocycles. The lowest BCUT2D eigenvalue weighted by atomic mass is 9.94. The van der Waals surface area contributed by atoms with Gasteiger partial charge in [-0.2, -0.15) is 0 Å². The Morgan fingerprint density at radius 2 is 1.15 bits per heavy atom. The van der Waals surface area contributed by atoms with Gasteiger partial charge in [0.25, 0.3) is 0 Å². The second kappa shape index (κ2) is 12.0. The Balaban J connectivity index is 4.62. The van der Waals surface area contributed by atoms with Gasteiger partial charge in [-0.05, 0) is 73.1 Å². The molecule has 3 unspecified atom stereocenters. The van der Waals surface area contributed by atoms with Gasteiger partial charge in [0.1, 0.15) is 0 Å². The van der Waals surface area contributed by atoms with E-state index in [-0.39, 0.29) is 23.4 Å². The third kappa shape index (κ3) is 16.8. The van der Waals surface area contributed by atoms with Crippen molar-refractivity contribution in [3.63, 3.8) is 0 Å². The van der Waals surface area contributed by atoms with Crippen LogP contribution in [0.25, 0.3) is 0 Å². The summed E-state index contributed by atoms with van der Waals surface area (Å²) >= 11 is 0. The summed E-state index contributed by atoms with van der Waals surface area (Å²) in [7, 11) is 0. The Bertz CT molecular complexity index is 420. The molecule has 0 aromatic carbocycles. The van der Waals surface area contributed by atoms with Crippen LogP contribution in [0.3, 0.4) is 0 Å². The van der Waals surface area contributed by atoms with Gasteiger partial charge >= 0.3 is 0 Å². The molecule has 0 aliphatic rings. The van der Waals surface area contributed by atoms with Gasteiger partial charge in [0.05, 0.1) is 11.2 Å². The van der Waals surface area contributed by atoms with Crippen LogP contribution in [-0.2, 0) is 19.6 Å². The maximum Gasteiger partial charge on any atom is 0.153 e. The largest absolute Gasteiger partial charge is 0.230 e. The lowest BCUT2D eigenvalue weighted by Gasteiger charge is -2.22. The minimum absolute atomic E-state index is 0.267. The smallest absolute Gasteiger partial charge is 0.153 e. The molecule has 0 radical (unpaired) electrons. The summed E-state index contributed by atoms with van der Waals surface area (Å²) in [5.74, 6) is 7.61. The monoisotopic (exact) mass is 370 g/mol. The van der Waals surface area contributed by atoms with E-state index in [4.69, 9.17) is 19.6 Å². The molecule has 0 aromatic heterocycles. The maximum atomic E-state index is 5.61. The molecule has 0 heterocycles. The van der Waals surface area contributed by atoms with Crippen molar-refractivity contribution in [1.82, 2.24) is 0 Å². The Morgan fingerprint density at radius 3 is 1.65 bits per heavy atom. The van der Waals surface area contributed by atoms with Crippen LogP contribution in [-0.4, -0.2) is 23.4 Å². The maximum absolute atomic E-state index is 5.61. The molecule has 26 heavy (non-hydrogen) atoms. The molecule has 0 aromatic rings. The van der Waals surface area contributed by atoms with Crippen LogP contribution in [0.5, 0.6) is 0 Å². The molecule has 4 heteroatoms. The SMILES string of the molecule is CC(C)CCC(C)CCC(C#CC(C)OOC(C)(C)C)OOC(C)(C)C. The lowest BCUT2D eigenvalue weighted by molar-refractivity contribution is -0.364. The van der Waals surface area contributed by atoms with E-state index in [1.54, 1.807) is 0 Å². The summed E-state index contributed by atoms with van der Waals surface area (Å²) in [6.07, 6.45) is 3.80. The first-order valence-corrected chi connectivity index (χ1v) is 9.98.